The maximum Gasteiger partial charge on any atom is 0.257 e. The topological polar surface area (TPSA) is 59.2 Å². The maximum atomic E-state index is 12.7. The van der Waals surface area contributed by atoms with Crippen LogP contribution in [0.5, 0.6) is 0 Å². The third kappa shape index (κ3) is 2.92. The van der Waals surface area contributed by atoms with Crippen molar-refractivity contribution in [3.05, 3.63) is 58.4 Å². The first-order valence-corrected chi connectivity index (χ1v) is 7.60. The molecule has 0 N–H and O–H groups in total. The van der Waals surface area contributed by atoms with Crippen LogP contribution in [-0.4, -0.2) is 28.0 Å². The summed E-state index contributed by atoms with van der Waals surface area (Å²) in [6.07, 6.45) is 1.51. The van der Waals surface area contributed by atoms with Crippen LogP contribution in [0.1, 0.15) is 34.6 Å². The van der Waals surface area contributed by atoms with Crippen LogP contribution in [-0.2, 0) is 0 Å². The van der Waals surface area contributed by atoms with Crippen molar-refractivity contribution in [2.75, 3.05) is 7.05 Å². The number of nitrogens with zero attached hydrogens (tertiary/aromatic N) is 3. The van der Waals surface area contributed by atoms with Gasteiger partial charge in [0.25, 0.3) is 11.6 Å². The number of aromatic nitrogens is 2. The Morgan fingerprint density at radius 1 is 1.30 bits per heavy atom. The summed E-state index contributed by atoms with van der Waals surface area (Å²) in [4.78, 5) is 18.5. The third-order valence-corrected chi connectivity index (χ3v) is 4.26. The van der Waals surface area contributed by atoms with Gasteiger partial charge in [-0.1, -0.05) is 28.9 Å². The van der Waals surface area contributed by atoms with E-state index in [-0.39, 0.29) is 11.9 Å². The van der Waals surface area contributed by atoms with Crippen molar-refractivity contribution in [1.82, 2.24) is 15.0 Å². The largest absolute Gasteiger partial charge is 0.336 e. The van der Waals surface area contributed by atoms with Crippen molar-refractivity contribution >= 4 is 28.6 Å². The van der Waals surface area contributed by atoms with E-state index in [0.717, 1.165) is 16.6 Å². The Morgan fingerprint density at radius 2 is 2.00 bits per heavy atom. The summed E-state index contributed by atoms with van der Waals surface area (Å²) in [7, 11) is 1.77. The molecule has 23 heavy (non-hydrogen) atoms. The first-order chi connectivity index (χ1) is 11.0. The molecule has 0 spiro atoms. The maximum absolute atomic E-state index is 12.7. The molecule has 0 bridgehead atoms. The molecule has 118 valence electrons. The van der Waals surface area contributed by atoms with Gasteiger partial charge in [0.1, 0.15) is 0 Å². The zero-order chi connectivity index (χ0) is 16.6. The highest BCUT2D eigenvalue weighted by Crippen LogP contribution is 2.23. The van der Waals surface area contributed by atoms with Crippen molar-refractivity contribution < 1.29 is 9.32 Å². The molecule has 3 aromatic rings. The lowest BCUT2D eigenvalue weighted by molar-refractivity contribution is 0.0742. The molecule has 2 heterocycles. The van der Waals surface area contributed by atoms with E-state index in [0.29, 0.717) is 16.3 Å². The summed E-state index contributed by atoms with van der Waals surface area (Å²) < 4.78 is 5.07. The lowest BCUT2D eigenvalue weighted by atomic mass is 10.1. The molecule has 0 unspecified atom stereocenters. The molecule has 0 fully saturated rings. The molecule has 0 saturated carbocycles. The van der Waals surface area contributed by atoms with Crippen molar-refractivity contribution in [2.45, 2.75) is 19.9 Å². The molecular weight excluding hydrogens is 314 g/mol. The molecule has 1 aromatic carbocycles. The van der Waals surface area contributed by atoms with Crippen molar-refractivity contribution in [2.24, 2.45) is 0 Å². The van der Waals surface area contributed by atoms with Crippen LogP contribution < -0.4 is 0 Å². The Balaban J connectivity index is 1.88. The van der Waals surface area contributed by atoms with E-state index in [9.17, 15) is 4.79 Å². The molecule has 2 aromatic heterocycles. The van der Waals surface area contributed by atoms with Crippen LogP contribution in [0.3, 0.4) is 0 Å². The molecule has 0 aliphatic heterocycles. The smallest absolute Gasteiger partial charge is 0.257 e. The average molecular weight is 330 g/mol. The molecule has 6 heteroatoms. The number of carbonyl (C=O) groups excluding carboxylic acids is 1. The van der Waals surface area contributed by atoms with Gasteiger partial charge in [0, 0.05) is 18.3 Å². The lowest BCUT2D eigenvalue weighted by Gasteiger charge is -2.25. The molecule has 0 radical (unpaired) electrons. The highest BCUT2D eigenvalue weighted by Gasteiger charge is 2.20. The summed E-state index contributed by atoms with van der Waals surface area (Å²) in [5.41, 5.74) is 2.68. The number of benzene rings is 1. The van der Waals surface area contributed by atoms with Gasteiger partial charge in [0.05, 0.1) is 22.7 Å². The summed E-state index contributed by atoms with van der Waals surface area (Å²) in [5.74, 6) is -0.109. The van der Waals surface area contributed by atoms with Crippen LogP contribution in [0.15, 0.2) is 41.1 Å². The first kappa shape index (κ1) is 15.5. The van der Waals surface area contributed by atoms with E-state index in [1.165, 1.54) is 6.20 Å². The standard InChI is InChI=1S/C17H16ClN3O2/c1-10-15-8-13(9-19-16(15)23-20-10)17(22)21(3)11(2)12-4-6-14(18)7-5-12/h4-9,11H,1-3H3/t11-/m0/s1. The number of pyridine rings is 1. The SMILES string of the molecule is Cc1noc2ncc(C(=O)N(C)[C@@H](C)c3ccc(Cl)cc3)cc12. The molecule has 5 nitrogen and oxygen atoms in total. The average Bonchev–Trinajstić information content (AvgIpc) is 2.94. The summed E-state index contributed by atoms with van der Waals surface area (Å²) in [6, 6.07) is 9.16. The zero-order valence-electron chi connectivity index (χ0n) is 13.1. The van der Waals surface area contributed by atoms with Crippen molar-refractivity contribution in [3.8, 4) is 0 Å². The lowest BCUT2D eigenvalue weighted by Crippen LogP contribution is -2.29. The van der Waals surface area contributed by atoms with Gasteiger partial charge in [-0.3, -0.25) is 4.79 Å². The minimum atomic E-state index is -0.109. The fourth-order valence-electron chi connectivity index (χ4n) is 2.41. The van der Waals surface area contributed by atoms with E-state index in [1.807, 2.05) is 38.1 Å². The molecule has 3 rings (SSSR count). The van der Waals surface area contributed by atoms with Crippen molar-refractivity contribution in [1.29, 1.82) is 0 Å². The van der Waals surface area contributed by atoms with E-state index < -0.39 is 0 Å². The van der Waals surface area contributed by atoms with Gasteiger partial charge in [0.15, 0.2) is 0 Å². The van der Waals surface area contributed by atoms with E-state index >= 15 is 0 Å². The molecular formula is C17H16ClN3O2. The monoisotopic (exact) mass is 329 g/mol. The van der Waals surface area contributed by atoms with E-state index in [1.54, 1.807) is 18.0 Å². The fourth-order valence-corrected chi connectivity index (χ4v) is 2.53. The second kappa shape index (κ2) is 6.01. The van der Waals surface area contributed by atoms with E-state index in [2.05, 4.69) is 10.1 Å². The van der Waals surface area contributed by atoms with Gasteiger partial charge in [-0.15, -0.1) is 0 Å². The second-order valence-corrected chi connectivity index (χ2v) is 5.92. The van der Waals surface area contributed by atoms with Gasteiger partial charge in [0.2, 0.25) is 0 Å². The summed E-state index contributed by atoms with van der Waals surface area (Å²) in [6.45, 7) is 3.79. The highest BCUT2D eigenvalue weighted by atomic mass is 35.5. The van der Waals surface area contributed by atoms with Gasteiger partial charge in [-0.25, -0.2) is 4.98 Å². The van der Waals surface area contributed by atoms with Gasteiger partial charge in [-0.2, -0.15) is 0 Å². The fraction of sp³-hybridized carbons (Fsp3) is 0.235. The van der Waals surface area contributed by atoms with Crippen LogP contribution in [0.4, 0.5) is 0 Å². The number of fused-ring (bicyclic) bond motifs is 1. The Kier molecular flexibility index (Phi) is 4.05. The minimum absolute atomic E-state index is 0.0842. The van der Waals surface area contributed by atoms with Gasteiger partial charge < -0.3 is 9.42 Å². The third-order valence-electron chi connectivity index (χ3n) is 4.01. The number of carbonyl (C=O) groups is 1. The Morgan fingerprint density at radius 3 is 2.70 bits per heavy atom. The number of rotatable bonds is 3. The molecule has 1 amide bonds. The number of hydrogen-bond donors (Lipinski definition) is 0. The van der Waals surface area contributed by atoms with Crippen LogP contribution >= 0.6 is 11.6 Å². The first-order valence-electron chi connectivity index (χ1n) is 7.22. The highest BCUT2D eigenvalue weighted by molar-refractivity contribution is 6.30. The number of hydrogen-bond acceptors (Lipinski definition) is 4. The molecule has 1 atom stereocenters. The van der Waals surface area contributed by atoms with Gasteiger partial charge in [-0.05, 0) is 37.6 Å². The predicted molar refractivity (Wildman–Crippen MR) is 88.5 cm³/mol. The second-order valence-electron chi connectivity index (χ2n) is 5.49. The predicted octanol–water partition coefficient (Wildman–Crippen LogP) is 4.02. The Bertz CT molecular complexity index is 858. The van der Waals surface area contributed by atoms with Gasteiger partial charge >= 0.3 is 0 Å². The zero-order valence-corrected chi connectivity index (χ0v) is 13.8. The number of halogens is 1. The Hall–Kier alpha value is -2.40. The van der Waals surface area contributed by atoms with E-state index in [4.69, 9.17) is 16.1 Å². The summed E-state index contributed by atoms with van der Waals surface area (Å²) in [5, 5.41) is 5.28. The van der Waals surface area contributed by atoms with Crippen molar-refractivity contribution in [3.63, 3.8) is 0 Å². The quantitative estimate of drug-likeness (QED) is 0.728. The number of amides is 1. The normalized spacial score (nSPS) is 12.3. The molecule has 0 aliphatic carbocycles. The Labute approximate surface area is 138 Å². The minimum Gasteiger partial charge on any atom is -0.336 e. The van der Waals surface area contributed by atoms with Crippen LogP contribution in [0.25, 0.3) is 11.1 Å². The summed E-state index contributed by atoms with van der Waals surface area (Å²) >= 11 is 5.91. The van der Waals surface area contributed by atoms with Crippen LogP contribution in [0.2, 0.25) is 5.02 Å². The molecule has 0 saturated heterocycles. The molecule has 0 aliphatic rings. The van der Waals surface area contributed by atoms with Crippen LogP contribution in [0, 0.1) is 6.92 Å². The number of aryl methyl sites for hydroxylation is 1.